The molecule has 0 fully saturated rings. The van der Waals surface area contributed by atoms with Crippen LogP contribution in [0.1, 0.15) is 16.7 Å². The summed E-state index contributed by atoms with van der Waals surface area (Å²) < 4.78 is 116. The molecule has 0 aliphatic heterocycles. The van der Waals surface area contributed by atoms with Crippen LogP contribution < -0.4 is 0 Å². The standard InChI is InChI=1S/C36H58O16S2/c1-32-3-6-35(7-4-32)54(40,41)52-30-29-51-28-27-50-26-25-49-24-23-48-22-21-47-20-19-46-18-17-45-16-15-44-14-13-43-12-11-42-10-9-34-31-33(2)5-8-36(34)53(37,38)39/h3-8,31H,9-30H2,1-2H3,(H,37,38,39). The van der Waals surface area contributed by atoms with Crippen molar-refractivity contribution in [1.82, 2.24) is 0 Å². The molecule has 54 heavy (non-hydrogen) atoms. The van der Waals surface area contributed by atoms with Crippen molar-refractivity contribution in [3.8, 4) is 0 Å². The van der Waals surface area contributed by atoms with E-state index in [1.807, 2.05) is 13.8 Å². The summed E-state index contributed by atoms with van der Waals surface area (Å²) in [6.07, 6.45) is 0.362. The topological polar surface area (TPSA) is 190 Å². The molecule has 2 rings (SSSR count). The number of benzene rings is 2. The van der Waals surface area contributed by atoms with Crippen LogP contribution in [-0.4, -0.2) is 160 Å². The number of hydrogen-bond acceptors (Lipinski definition) is 15. The van der Waals surface area contributed by atoms with Gasteiger partial charge in [-0.1, -0.05) is 35.4 Å². The van der Waals surface area contributed by atoms with Gasteiger partial charge in [-0.25, -0.2) is 0 Å². The first-order valence-electron chi connectivity index (χ1n) is 17.9. The summed E-state index contributed by atoms with van der Waals surface area (Å²) in [6.45, 7) is 11.7. The molecule has 0 saturated heterocycles. The average Bonchev–Trinajstić information content (AvgIpc) is 3.13. The van der Waals surface area contributed by atoms with Crippen molar-refractivity contribution in [2.45, 2.75) is 30.1 Å². The molecule has 310 valence electrons. The van der Waals surface area contributed by atoms with Gasteiger partial charge < -0.3 is 47.4 Å². The summed E-state index contributed by atoms with van der Waals surface area (Å²) >= 11 is 0. The Labute approximate surface area is 320 Å². The lowest BCUT2D eigenvalue weighted by atomic mass is 10.1. The molecule has 0 bridgehead atoms. The zero-order valence-electron chi connectivity index (χ0n) is 31.5. The summed E-state index contributed by atoms with van der Waals surface area (Å²) in [4.78, 5) is 0.0265. The number of hydrogen-bond donors (Lipinski definition) is 1. The van der Waals surface area contributed by atoms with Gasteiger partial charge >= 0.3 is 0 Å². The Hall–Kier alpha value is -2.14. The average molecular weight is 811 g/mol. The first-order valence-corrected chi connectivity index (χ1v) is 20.7. The van der Waals surface area contributed by atoms with E-state index < -0.39 is 20.2 Å². The second kappa shape index (κ2) is 30.1. The smallest absolute Gasteiger partial charge is 0.297 e. The minimum absolute atomic E-state index is 0.0700. The number of ether oxygens (including phenoxy) is 10. The Morgan fingerprint density at radius 2 is 0.741 bits per heavy atom. The minimum atomic E-state index is -4.27. The van der Waals surface area contributed by atoms with E-state index in [-0.39, 0.29) is 23.0 Å². The number of rotatable bonds is 36. The van der Waals surface area contributed by atoms with Crippen LogP contribution in [0.25, 0.3) is 0 Å². The molecule has 0 aliphatic carbocycles. The van der Waals surface area contributed by atoms with Crippen LogP contribution in [0.2, 0.25) is 0 Å². The largest absolute Gasteiger partial charge is 0.379 e. The van der Waals surface area contributed by atoms with Gasteiger partial charge in [0.05, 0.1) is 149 Å². The van der Waals surface area contributed by atoms with Gasteiger partial charge in [0, 0.05) is 0 Å². The zero-order chi connectivity index (χ0) is 39.2. The molecule has 0 spiro atoms. The maximum absolute atomic E-state index is 12.1. The molecule has 0 atom stereocenters. The Morgan fingerprint density at radius 1 is 0.426 bits per heavy atom. The highest BCUT2D eigenvalue weighted by Crippen LogP contribution is 2.18. The highest BCUT2D eigenvalue weighted by atomic mass is 32.2. The second-order valence-corrected chi connectivity index (χ2v) is 14.6. The normalized spacial score (nSPS) is 12.1. The summed E-state index contributed by atoms with van der Waals surface area (Å²) in [5, 5.41) is 0. The molecule has 0 radical (unpaired) electrons. The van der Waals surface area contributed by atoms with Crippen molar-refractivity contribution in [3.05, 3.63) is 59.2 Å². The van der Waals surface area contributed by atoms with E-state index in [0.29, 0.717) is 138 Å². The first kappa shape index (κ1) is 48.0. The molecule has 18 heteroatoms. The fraction of sp³-hybridized carbons (Fsp3) is 0.667. The molecular formula is C36H58O16S2. The van der Waals surface area contributed by atoms with Gasteiger partial charge in [-0.3, -0.25) is 8.74 Å². The third kappa shape index (κ3) is 24.4. The van der Waals surface area contributed by atoms with Crippen LogP contribution in [-0.2, 0) is 78.2 Å². The molecular weight excluding hydrogens is 753 g/mol. The van der Waals surface area contributed by atoms with E-state index in [4.69, 9.17) is 51.6 Å². The van der Waals surface area contributed by atoms with Crippen LogP contribution in [0.5, 0.6) is 0 Å². The van der Waals surface area contributed by atoms with Crippen LogP contribution in [0.15, 0.2) is 52.3 Å². The van der Waals surface area contributed by atoms with Crippen molar-refractivity contribution in [3.63, 3.8) is 0 Å². The van der Waals surface area contributed by atoms with E-state index in [0.717, 1.165) is 11.1 Å². The lowest BCUT2D eigenvalue weighted by Gasteiger charge is -2.10. The molecule has 0 aliphatic rings. The van der Waals surface area contributed by atoms with Crippen LogP contribution >= 0.6 is 0 Å². The second-order valence-electron chi connectivity index (χ2n) is 11.5. The Morgan fingerprint density at radius 3 is 1.09 bits per heavy atom. The molecule has 2 aromatic rings. The van der Waals surface area contributed by atoms with Crippen molar-refractivity contribution in [2.24, 2.45) is 0 Å². The van der Waals surface area contributed by atoms with Crippen molar-refractivity contribution in [2.75, 3.05) is 139 Å². The summed E-state index contributed by atoms with van der Waals surface area (Å²) in [5.41, 5.74) is 2.39. The van der Waals surface area contributed by atoms with Gasteiger partial charge in [0.1, 0.15) is 0 Å². The lowest BCUT2D eigenvalue weighted by molar-refractivity contribution is -0.0266. The highest BCUT2D eigenvalue weighted by Gasteiger charge is 2.16. The number of aryl methyl sites for hydroxylation is 2. The van der Waals surface area contributed by atoms with Crippen LogP contribution in [0, 0.1) is 13.8 Å². The van der Waals surface area contributed by atoms with Gasteiger partial charge in [0.2, 0.25) is 0 Å². The fourth-order valence-corrected chi connectivity index (χ4v) is 6.02. The van der Waals surface area contributed by atoms with Crippen molar-refractivity contribution < 1.29 is 72.9 Å². The van der Waals surface area contributed by atoms with E-state index in [1.165, 1.54) is 18.2 Å². The molecule has 0 heterocycles. The predicted molar refractivity (Wildman–Crippen MR) is 197 cm³/mol. The summed E-state index contributed by atoms with van der Waals surface area (Å²) in [5.74, 6) is 0. The van der Waals surface area contributed by atoms with Gasteiger partial charge in [-0.15, -0.1) is 0 Å². The maximum atomic E-state index is 12.1. The third-order valence-corrected chi connectivity index (χ3v) is 9.41. The first-order chi connectivity index (χ1) is 26.1. The summed E-state index contributed by atoms with van der Waals surface area (Å²) in [6, 6.07) is 11.2. The molecule has 0 saturated carbocycles. The quantitative estimate of drug-likeness (QED) is 0.0600. The molecule has 1 N–H and O–H groups in total. The Kier molecular flexibility index (Phi) is 26.7. The SMILES string of the molecule is Cc1ccc(S(=O)(=O)OCCOCCOCCOCCOCCOCCOCCOCCOCCOCCOCCc2cc(C)ccc2S(=O)(=O)O)cc1. The third-order valence-electron chi connectivity index (χ3n) is 7.13. The van der Waals surface area contributed by atoms with E-state index in [1.54, 1.807) is 24.3 Å². The molecule has 16 nitrogen and oxygen atoms in total. The van der Waals surface area contributed by atoms with Crippen LogP contribution in [0.4, 0.5) is 0 Å². The van der Waals surface area contributed by atoms with Gasteiger partial charge in [-0.2, -0.15) is 16.8 Å². The molecule has 0 unspecified atom stereocenters. The van der Waals surface area contributed by atoms with Gasteiger partial charge in [0.15, 0.2) is 0 Å². The fourth-order valence-electron chi connectivity index (χ4n) is 4.39. The van der Waals surface area contributed by atoms with E-state index in [2.05, 4.69) is 0 Å². The maximum Gasteiger partial charge on any atom is 0.297 e. The summed E-state index contributed by atoms with van der Waals surface area (Å²) in [7, 11) is -8.06. The minimum Gasteiger partial charge on any atom is -0.379 e. The van der Waals surface area contributed by atoms with Gasteiger partial charge in [-0.05, 0) is 44.0 Å². The zero-order valence-corrected chi connectivity index (χ0v) is 33.1. The van der Waals surface area contributed by atoms with E-state index >= 15 is 0 Å². The van der Waals surface area contributed by atoms with Crippen molar-refractivity contribution >= 4 is 20.2 Å². The van der Waals surface area contributed by atoms with Crippen LogP contribution in [0.3, 0.4) is 0 Å². The predicted octanol–water partition coefficient (Wildman–Crippen LogP) is 2.66. The molecule has 2 aromatic carbocycles. The molecule has 0 amide bonds. The van der Waals surface area contributed by atoms with E-state index in [9.17, 15) is 21.4 Å². The Balaban J connectivity index is 1.21. The van der Waals surface area contributed by atoms with Gasteiger partial charge in [0.25, 0.3) is 20.2 Å². The highest BCUT2D eigenvalue weighted by molar-refractivity contribution is 7.86. The monoisotopic (exact) mass is 810 g/mol. The van der Waals surface area contributed by atoms with Crippen molar-refractivity contribution in [1.29, 1.82) is 0 Å². The molecule has 0 aromatic heterocycles. The Bertz CT molecular complexity index is 1440. The lowest BCUT2D eigenvalue weighted by Crippen LogP contribution is -2.16.